The van der Waals surface area contributed by atoms with Crippen LogP contribution in [0.25, 0.3) is 0 Å². The molecule has 0 aliphatic rings. The van der Waals surface area contributed by atoms with Crippen LogP contribution in [0.3, 0.4) is 0 Å². The molecule has 0 fully saturated rings. The average Bonchev–Trinajstić information content (AvgIpc) is 2.34. The summed E-state index contributed by atoms with van der Waals surface area (Å²) >= 11 is 0. The van der Waals surface area contributed by atoms with Crippen LogP contribution in [0.15, 0.2) is 0 Å². The van der Waals surface area contributed by atoms with Crippen LogP contribution in [0.1, 0.15) is 19.7 Å². The van der Waals surface area contributed by atoms with Gasteiger partial charge in [-0.2, -0.15) is 0 Å². The smallest absolute Gasteiger partial charge is 0.311 e. The van der Waals surface area contributed by atoms with Crippen LogP contribution in [-0.4, -0.2) is 31.3 Å². The van der Waals surface area contributed by atoms with Gasteiger partial charge in [0, 0.05) is 6.54 Å². The quantitative estimate of drug-likeness (QED) is 0.709. The zero-order chi connectivity index (χ0) is 9.84. The molecule has 1 N–H and O–H groups in total. The molecule has 6 nitrogen and oxygen atoms in total. The lowest BCUT2D eigenvalue weighted by molar-refractivity contribution is -0.136. The van der Waals surface area contributed by atoms with Crippen molar-refractivity contribution >= 4 is 5.97 Å². The van der Waals surface area contributed by atoms with Crippen LogP contribution < -0.4 is 0 Å². The molecule has 6 heteroatoms. The molecule has 1 aromatic rings. The molecule has 0 aliphatic carbocycles. The number of nitrogens with zero attached hydrogens (tertiary/aromatic N) is 4. The van der Waals surface area contributed by atoms with Gasteiger partial charge in [-0.3, -0.25) is 4.79 Å². The second-order valence-corrected chi connectivity index (χ2v) is 3.24. The summed E-state index contributed by atoms with van der Waals surface area (Å²) in [6.07, 6.45) is -0.125. The molecule has 1 heterocycles. The molecule has 72 valence electrons. The molecule has 0 bridgehead atoms. The van der Waals surface area contributed by atoms with E-state index in [-0.39, 0.29) is 6.42 Å². The van der Waals surface area contributed by atoms with Crippen LogP contribution >= 0.6 is 0 Å². The summed E-state index contributed by atoms with van der Waals surface area (Å²) in [5.74, 6) is -0.114. The van der Waals surface area contributed by atoms with Crippen molar-refractivity contribution in [3.8, 4) is 0 Å². The Balaban J connectivity index is 2.71. The zero-order valence-electron chi connectivity index (χ0n) is 7.64. The van der Waals surface area contributed by atoms with E-state index < -0.39 is 5.97 Å². The summed E-state index contributed by atoms with van der Waals surface area (Å²) in [6, 6.07) is 0. The normalized spacial score (nSPS) is 10.7. The lowest BCUT2D eigenvalue weighted by Crippen LogP contribution is -2.13. The van der Waals surface area contributed by atoms with Crippen LogP contribution in [0.4, 0.5) is 0 Å². The second kappa shape index (κ2) is 3.97. The van der Waals surface area contributed by atoms with E-state index in [9.17, 15) is 4.79 Å². The number of hydrogen-bond acceptors (Lipinski definition) is 4. The summed E-state index contributed by atoms with van der Waals surface area (Å²) < 4.78 is 1.53. The number of carboxylic acids is 1. The summed E-state index contributed by atoms with van der Waals surface area (Å²) in [5.41, 5.74) is 0. The maximum absolute atomic E-state index is 10.4. The van der Waals surface area contributed by atoms with E-state index in [2.05, 4.69) is 15.5 Å². The van der Waals surface area contributed by atoms with Gasteiger partial charge < -0.3 is 5.11 Å². The largest absolute Gasteiger partial charge is 0.481 e. The van der Waals surface area contributed by atoms with Gasteiger partial charge in [0.15, 0.2) is 5.82 Å². The third-order valence-corrected chi connectivity index (χ3v) is 1.45. The number of rotatable bonds is 4. The van der Waals surface area contributed by atoms with E-state index in [1.54, 1.807) is 0 Å². The lowest BCUT2D eigenvalue weighted by atomic mass is 10.2. The van der Waals surface area contributed by atoms with E-state index in [4.69, 9.17) is 5.11 Å². The van der Waals surface area contributed by atoms with Crippen LogP contribution in [0.5, 0.6) is 0 Å². The highest BCUT2D eigenvalue weighted by Crippen LogP contribution is 2.00. The summed E-state index contributed by atoms with van der Waals surface area (Å²) in [6.45, 7) is 4.69. The van der Waals surface area contributed by atoms with E-state index in [0.29, 0.717) is 18.3 Å². The Morgan fingerprint density at radius 1 is 1.62 bits per heavy atom. The molecule has 0 saturated carbocycles. The van der Waals surface area contributed by atoms with E-state index >= 15 is 0 Å². The molecule has 0 spiro atoms. The molecular weight excluding hydrogens is 172 g/mol. The number of carbonyl (C=O) groups is 1. The first kappa shape index (κ1) is 9.63. The summed E-state index contributed by atoms with van der Waals surface area (Å²) in [4.78, 5) is 10.4. The van der Waals surface area contributed by atoms with E-state index in [1.807, 2.05) is 13.8 Å². The van der Waals surface area contributed by atoms with Crippen LogP contribution in [0, 0.1) is 5.92 Å². The van der Waals surface area contributed by atoms with Crippen LogP contribution in [-0.2, 0) is 17.8 Å². The summed E-state index contributed by atoms with van der Waals surface area (Å²) in [5, 5.41) is 19.3. The number of tetrazole rings is 1. The molecule has 0 atom stereocenters. The van der Waals surface area contributed by atoms with E-state index in [0.717, 1.165) is 0 Å². The van der Waals surface area contributed by atoms with Gasteiger partial charge >= 0.3 is 5.97 Å². The fraction of sp³-hybridized carbons (Fsp3) is 0.714. The molecular formula is C7H12N4O2. The van der Waals surface area contributed by atoms with Gasteiger partial charge in [-0.15, -0.1) is 5.10 Å². The standard InChI is InChI=1S/C7H12N4O2/c1-5(2)4-11-6(3-7(12)13)8-9-10-11/h5H,3-4H2,1-2H3,(H,12,13). The molecule has 0 aliphatic heterocycles. The highest BCUT2D eigenvalue weighted by molar-refractivity contribution is 5.68. The SMILES string of the molecule is CC(C)Cn1nnnc1CC(=O)O. The van der Waals surface area contributed by atoms with Crippen LogP contribution in [0.2, 0.25) is 0 Å². The maximum atomic E-state index is 10.4. The minimum absolute atomic E-state index is 0.125. The van der Waals surface area contributed by atoms with Crippen molar-refractivity contribution in [3.05, 3.63) is 5.82 Å². The number of aliphatic carboxylic acids is 1. The molecule has 0 amide bonds. The van der Waals surface area contributed by atoms with Crippen molar-refractivity contribution < 1.29 is 9.90 Å². The third kappa shape index (κ3) is 2.81. The fourth-order valence-corrected chi connectivity index (χ4v) is 0.973. The first-order valence-electron chi connectivity index (χ1n) is 4.06. The zero-order valence-corrected chi connectivity index (χ0v) is 7.64. The van der Waals surface area contributed by atoms with Crippen molar-refractivity contribution in [3.63, 3.8) is 0 Å². The number of aromatic nitrogens is 4. The maximum Gasteiger partial charge on any atom is 0.311 e. The van der Waals surface area contributed by atoms with Gasteiger partial charge in [0.25, 0.3) is 0 Å². The van der Waals surface area contributed by atoms with Gasteiger partial charge in [-0.25, -0.2) is 4.68 Å². The molecule has 0 aromatic carbocycles. The Hall–Kier alpha value is -1.46. The predicted octanol–water partition coefficient (Wildman–Crippen LogP) is -0.0438. The van der Waals surface area contributed by atoms with Gasteiger partial charge in [-0.05, 0) is 16.3 Å². The Bertz CT molecular complexity index is 294. The van der Waals surface area contributed by atoms with Crippen molar-refractivity contribution in [1.82, 2.24) is 20.2 Å². The minimum Gasteiger partial charge on any atom is -0.481 e. The van der Waals surface area contributed by atoms with Gasteiger partial charge in [0.2, 0.25) is 0 Å². The Morgan fingerprint density at radius 3 is 2.85 bits per heavy atom. The Labute approximate surface area is 75.6 Å². The topological polar surface area (TPSA) is 80.9 Å². The van der Waals surface area contributed by atoms with Gasteiger partial charge in [0.05, 0.1) is 0 Å². The predicted molar refractivity (Wildman–Crippen MR) is 44.0 cm³/mol. The molecule has 0 saturated heterocycles. The monoisotopic (exact) mass is 184 g/mol. The highest BCUT2D eigenvalue weighted by atomic mass is 16.4. The fourth-order valence-electron chi connectivity index (χ4n) is 0.973. The number of carboxylic acid groups (broad SMARTS) is 1. The highest BCUT2D eigenvalue weighted by Gasteiger charge is 2.10. The molecule has 1 rings (SSSR count). The Kier molecular flexibility index (Phi) is 2.94. The molecule has 0 unspecified atom stereocenters. The number of hydrogen-bond donors (Lipinski definition) is 1. The Morgan fingerprint density at radius 2 is 2.31 bits per heavy atom. The van der Waals surface area contributed by atoms with Gasteiger partial charge in [0.1, 0.15) is 6.42 Å². The van der Waals surface area contributed by atoms with E-state index in [1.165, 1.54) is 4.68 Å². The average molecular weight is 184 g/mol. The molecule has 1 aromatic heterocycles. The molecule has 13 heavy (non-hydrogen) atoms. The second-order valence-electron chi connectivity index (χ2n) is 3.24. The van der Waals surface area contributed by atoms with Crippen molar-refractivity contribution in [2.45, 2.75) is 26.8 Å². The first-order valence-corrected chi connectivity index (χ1v) is 4.06. The van der Waals surface area contributed by atoms with Crippen molar-refractivity contribution in [2.75, 3.05) is 0 Å². The van der Waals surface area contributed by atoms with Gasteiger partial charge in [-0.1, -0.05) is 13.8 Å². The third-order valence-electron chi connectivity index (χ3n) is 1.45. The first-order chi connectivity index (χ1) is 6.09. The van der Waals surface area contributed by atoms with Crippen molar-refractivity contribution in [2.24, 2.45) is 5.92 Å². The lowest BCUT2D eigenvalue weighted by Gasteiger charge is -2.04. The minimum atomic E-state index is -0.917. The molecule has 0 radical (unpaired) electrons. The summed E-state index contributed by atoms with van der Waals surface area (Å²) in [7, 11) is 0. The van der Waals surface area contributed by atoms with Crippen molar-refractivity contribution in [1.29, 1.82) is 0 Å².